The van der Waals surface area contributed by atoms with Gasteiger partial charge in [0.1, 0.15) is 16.9 Å². The lowest BCUT2D eigenvalue weighted by atomic mass is 9.89. The van der Waals surface area contributed by atoms with Gasteiger partial charge in [-0.15, -0.1) is 0 Å². The van der Waals surface area contributed by atoms with E-state index >= 15 is 4.39 Å². The van der Waals surface area contributed by atoms with Crippen molar-refractivity contribution in [2.75, 3.05) is 0 Å². The van der Waals surface area contributed by atoms with Crippen molar-refractivity contribution >= 4 is 16.0 Å². The topological polar surface area (TPSA) is 74.7 Å². The normalized spacial score (nSPS) is 24.2. The maximum atomic E-state index is 15.0. The van der Waals surface area contributed by atoms with E-state index in [0.29, 0.717) is 31.2 Å². The number of hydrogen-bond acceptors (Lipinski definition) is 3. The van der Waals surface area contributed by atoms with Crippen LogP contribution in [-0.2, 0) is 26.8 Å². The minimum atomic E-state index is -3.76. The Morgan fingerprint density at radius 2 is 1.81 bits per heavy atom. The molecule has 32 heavy (non-hydrogen) atoms. The third-order valence-electron chi connectivity index (χ3n) is 6.90. The lowest BCUT2D eigenvalue weighted by molar-refractivity contribution is -0.137. The van der Waals surface area contributed by atoms with Gasteiger partial charge in [-0.25, -0.2) is 17.2 Å². The van der Waals surface area contributed by atoms with E-state index in [4.69, 9.17) is 5.11 Å². The number of carboxylic acid groups (broad SMARTS) is 1. The first-order valence-electron chi connectivity index (χ1n) is 10.9. The number of sulfonamides is 1. The fourth-order valence-electron chi connectivity index (χ4n) is 4.79. The summed E-state index contributed by atoms with van der Waals surface area (Å²) in [6.45, 7) is 1.55. The van der Waals surface area contributed by atoms with E-state index in [1.807, 2.05) is 6.07 Å². The number of rotatable bonds is 7. The molecule has 0 spiro atoms. The highest BCUT2D eigenvalue weighted by Gasteiger charge is 2.46. The highest BCUT2D eigenvalue weighted by molar-refractivity contribution is 7.89. The largest absolute Gasteiger partial charge is 0.481 e. The van der Waals surface area contributed by atoms with Crippen LogP contribution in [0.1, 0.15) is 67.4 Å². The first-order valence-corrected chi connectivity index (χ1v) is 12.4. The Morgan fingerprint density at radius 1 is 1.12 bits per heavy atom. The zero-order valence-corrected chi connectivity index (χ0v) is 18.7. The molecule has 5 nitrogen and oxygen atoms in total. The second-order valence-corrected chi connectivity index (χ2v) is 11.1. The van der Waals surface area contributed by atoms with Crippen molar-refractivity contribution in [3.8, 4) is 0 Å². The molecule has 1 aliphatic heterocycles. The number of carboxylic acids is 1. The van der Waals surface area contributed by atoms with Crippen molar-refractivity contribution in [1.82, 2.24) is 4.31 Å². The Kier molecular flexibility index (Phi) is 6.11. The van der Waals surface area contributed by atoms with Crippen LogP contribution in [0.2, 0.25) is 0 Å². The van der Waals surface area contributed by atoms with Gasteiger partial charge >= 0.3 is 5.97 Å². The van der Waals surface area contributed by atoms with Crippen LogP contribution in [0.3, 0.4) is 0 Å². The minimum absolute atomic E-state index is 0.00980. The molecule has 4 rings (SSSR count). The summed E-state index contributed by atoms with van der Waals surface area (Å²) in [6, 6.07) is 10.8. The molecule has 1 saturated carbocycles. The summed E-state index contributed by atoms with van der Waals surface area (Å²) in [6.07, 6.45) is 2.49. The van der Waals surface area contributed by atoms with E-state index in [-0.39, 0.29) is 36.6 Å². The molecule has 1 heterocycles. The van der Waals surface area contributed by atoms with Crippen LogP contribution >= 0.6 is 0 Å². The van der Waals surface area contributed by atoms with Crippen LogP contribution < -0.4 is 0 Å². The Hall–Kier alpha value is -2.32. The summed E-state index contributed by atoms with van der Waals surface area (Å²) in [5.74, 6) is -2.23. The minimum Gasteiger partial charge on any atom is -0.481 e. The number of carbonyl (C=O) groups is 1. The quantitative estimate of drug-likeness (QED) is 0.633. The summed E-state index contributed by atoms with van der Waals surface area (Å²) >= 11 is 0. The van der Waals surface area contributed by atoms with Gasteiger partial charge in [0, 0.05) is 24.6 Å². The summed E-state index contributed by atoms with van der Waals surface area (Å²) in [5, 5.41) is 8.24. The molecule has 0 bridgehead atoms. The smallest absolute Gasteiger partial charge is 0.303 e. The van der Waals surface area contributed by atoms with E-state index in [0.717, 1.165) is 12.1 Å². The number of hydrogen-bond donors (Lipinski definition) is 1. The molecule has 0 amide bonds. The summed E-state index contributed by atoms with van der Waals surface area (Å²) < 4.78 is 58.0. The van der Waals surface area contributed by atoms with Crippen molar-refractivity contribution in [2.24, 2.45) is 0 Å². The molecular formula is C24H27F2NO4S. The van der Waals surface area contributed by atoms with Gasteiger partial charge < -0.3 is 5.11 Å². The molecule has 1 saturated heterocycles. The van der Waals surface area contributed by atoms with Gasteiger partial charge in [0.05, 0.1) is 0 Å². The zero-order chi connectivity index (χ0) is 23.1. The molecule has 1 aliphatic carbocycles. The summed E-state index contributed by atoms with van der Waals surface area (Å²) in [7, 11) is -3.76. The Morgan fingerprint density at radius 3 is 2.44 bits per heavy atom. The third-order valence-corrected chi connectivity index (χ3v) is 9.27. The lowest BCUT2D eigenvalue weighted by Crippen LogP contribution is -2.44. The number of nitrogens with zero attached hydrogens (tertiary/aromatic N) is 1. The SMILES string of the molecule is C[C@H]1CC[C@H](c2ccccc2)S(=O)(=O)N1Cc1cc(F)c(C2(CCC(=O)O)CC2)cc1F. The molecule has 0 aromatic heterocycles. The predicted octanol–water partition coefficient (Wildman–Crippen LogP) is 4.92. The maximum Gasteiger partial charge on any atom is 0.303 e. The van der Waals surface area contributed by atoms with Gasteiger partial charge in [0.15, 0.2) is 0 Å². The van der Waals surface area contributed by atoms with E-state index in [1.165, 1.54) is 4.31 Å². The van der Waals surface area contributed by atoms with Crippen LogP contribution in [0, 0.1) is 11.6 Å². The summed E-state index contributed by atoms with van der Waals surface area (Å²) in [5.41, 5.74) is 0.242. The van der Waals surface area contributed by atoms with Gasteiger partial charge in [-0.2, -0.15) is 4.31 Å². The lowest BCUT2D eigenvalue weighted by Gasteiger charge is -2.37. The van der Waals surface area contributed by atoms with Crippen LogP contribution in [-0.4, -0.2) is 29.8 Å². The maximum absolute atomic E-state index is 15.0. The van der Waals surface area contributed by atoms with Crippen molar-refractivity contribution in [3.63, 3.8) is 0 Å². The van der Waals surface area contributed by atoms with Crippen molar-refractivity contribution in [3.05, 3.63) is 70.8 Å². The monoisotopic (exact) mass is 463 g/mol. The number of benzene rings is 2. The Bertz CT molecular complexity index is 1120. The molecule has 1 N–H and O–H groups in total. The first kappa shape index (κ1) is 22.9. The molecule has 2 aromatic rings. The van der Waals surface area contributed by atoms with Gasteiger partial charge in [-0.3, -0.25) is 4.79 Å². The Balaban J connectivity index is 1.60. The Labute approximate surface area is 187 Å². The molecular weight excluding hydrogens is 436 g/mol. The van der Waals surface area contributed by atoms with Crippen LogP contribution in [0.5, 0.6) is 0 Å². The second kappa shape index (κ2) is 8.56. The predicted molar refractivity (Wildman–Crippen MR) is 116 cm³/mol. The molecule has 8 heteroatoms. The second-order valence-electron chi connectivity index (χ2n) is 9.01. The fraction of sp³-hybridized carbons (Fsp3) is 0.458. The highest BCUT2D eigenvalue weighted by Crippen LogP contribution is 2.53. The van der Waals surface area contributed by atoms with Crippen LogP contribution in [0.4, 0.5) is 8.78 Å². The van der Waals surface area contributed by atoms with E-state index in [9.17, 15) is 17.6 Å². The number of aliphatic carboxylic acids is 1. The van der Waals surface area contributed by atoms with Crippen molar-refractivity contribution in [2.45, 2.75) is 68.7 Å². The third kappa shape index (κ3) is 4.30. The molecule has 2 aliphatic rings. The van der Waals surface area contributed by atoms with Gasteiger partial charge in [-0.05, 0) is 67.7 Å². The average Bonchev–Trinajstić information content (AvgIpc) is 3.53. The molecule has 0 unspecified atom stereocenters. The van der Waals surface area contributed by atoms with Crippen LogP contribution in [0.25, 0.3) is 0 Å². The fourth-order valence-corrected chi connectivity index (χ4v) is 6.97. The molecule has 2 atom stereocenters. The molecule has 0 radical (unpaired) electrons. The van der Waals surface area contributed by atoms with Gasteiger partial charge in [-0.1, -0.05) is 30.3 Å². The first-order chi connectivity index (χ1) is 15.1. The molecule has 2 aromatic carbocycles. The van der Waals surface area contributed by atoms with E-state index in [2.05, 4.69) is 0 Å². The molecule has 172 valence electrons. The summed E-state index contributed by atoms with van der Waals surface area (Å²) in [4.78, 5) is 10.9. The van der Waals surface area contributed by atoms with Crippen molar-refractivity contribution in [1.29, 1.82) is 0 Å². The van der Waals surface area contributed by atoms with E-state index in [1.54, 1.807) is 31.2 Å². The van der Waals surface area contributed by atoms with Crippen LogP contribution in [0.15, 0.2) is 42.5 Å². The standard InChI is InChI=1S/C24H27F2NO4S/c1-16-7-8-22(17-5-3-2-4-6-17)32(30,31)27(16)15-18-13-21(26)19(14-20(18)25)24(11-12-24)10-9-23(28)29/h2-6,13-14,16,22H,7-12,15H2,1H3,(H,28,29)/t16-,22+/m0/s1. The van der Waals surface area contributed by atoms with E-state index < -0.39 is 38.3 Å². The highest BCUT2D eigenvalue weighted by atomic mass is 32.2. The average molecular weight is 464 g/mol. The zero-order valence-electron chi connectivity index (χ0n) is 17.9. The number of halogens is 2. The van der Waals surface area contributed by atoms with Gasteiger partial charge in [0.2, 0.25) is 10.0 Å². The van der Waals surface area contributed by atoms with Gasteiger partial charge in [0.25, 0.3) is 0 Å². The van der Waals surface area contributed by atoms with Crippen molar-refractivity contribution < 1.29 is 27.1 Å². The molecule has 2 fully saturated rings.